The third kappa shape index (κ3) is 3.85. The van der Waals surface area contributed by atoms with Gasteiger partial charge in [-0.2, -0.15) is 0 Å². The summed E-state index contributed by atoms with van der Waals surface area (Å²) in [5.41, 5.74) is 6.03. The highest BCUT2D eigenvalue weighted by atomic mass is 35.5. The molecular weight excluding hydrogens is 214 g/mol. The second-order valence-electron chi connectivity index (χ2n) is 3.33. The first-order chi connectivity index (χ1) is 7.13. The summed E-state index contributed by atoms with van der Waals surface area (Å²) in [5, 5.41) is 3.11. The fourth-order valence-electron chi connectivity index (χ4n) is 1.13. The molecule has 1 amide bonds. The number of anilines is 1. The first-order valence-corrected chi connectivity index (χ1v) is 5.13. The summed E-state index contributed by atoms with van der Waals surface area (Å²) in [7, 11) is 0. The number of nitrogens with zero attached hydrogens (tertiary/aromatic N) is 1. The van der Waals surface area contributed by atoms with Crippen LogP contribution in [0.2, 0.25) is 5.15 Å². The zero-order chi connectivity index (χ0) is 11.3. The van der Waals surface area contributed by atoms with Crippen LogP contribution in [0.5, 0.6) is 0 Å². The molecule has 1 rings (SSSR count). The maximum absolute atomic E-state index is 11.6. The van der Waals surface area contributed by atoms with Crippen LogP contribution in [0, 0.1) is 5.92 Å². The molecule has 0 radical (unpaired) electrons. The minimum atomic E-state index is -0.0954. The topological polar surface area (TPSA) is 68.0 Å². The third-order valence-electron chi connectivity index (χ3n) is 2.04. The van der Waals surface area contributed by atoms with Crippen molar-refractivity contribution in [1.82, 2.24) is 4.98 Å². The van der Waals surface area contributed by atoms with Gasteiger partial charge >= 0.3 is 0 Å². The van der Waals surface area contributed by atoms with Crippen LogP contribution in [0.4, 0.5) is 5.69 Å². The molecule has 0 aliphatic rings. The Morgan fingerprint density at radius 2 is 2.47 bits per heavy atom. The minimum Gasteiger partial charge on any atom is -0.330 e. The summed E-state index contributed by atoms with van der Waals surface area (Å²) < 4.78 is 0. The van der Waals surface area contributed by atoms with E-state index < -0.39 is 0 Å². The molecule has 1 aromatic rings. The maximum Gasteiger partial charge on any atom is 0.227 e. The molecule has 1 heterocycles. The number of halogens is 1. The lowest BCUT2D eigenvalue weighted by Gasteiger charge is -2.10. The zero-order valence-corrected chi connectivity index (χ0v) is 9.29. The van der Waals surface area contributed by atoms with E-state index in [-0.39, 0.29) is 11.8 Å². The monoisotopic (exact) mass is 227 g/mol. The summed E-state index contributed by atoms with van der Waals surface area (Å²) in [6, 6.07) is 3.30. The lowest BCUT2D eigenvalue weighted by molar-refractivity contribution is -0.119. The van der Waals surface area contributed by atoms with Crippen LogP contribution in [0.1, 0.15) is 13.3 Å². The van der Waals surface area contributed by atoms with Crippen molar-refractivity contribution in [3.8, 4) is 0 Å². The SMILES string of the molecule is CC(CCN)C(=O)Nc1ccnc(Cl)c1. The fourth-order valence-corrected chi connectivity index (χ4v) is 1.30. The van der Waals surface area contributed by atoms with Crippen molar-refractivity contribution < 1.29 is 4.79 Å². The maximum atomic E-state index is 11.6. The summed E-state index contributed by atoms with van der Waals surface area (Å²) in [4.78, 5) is 15.4. The molecule has 1 atom stereocenters. The van der Waals surface area contributed by atoms with Crippen molar-refractivity contribution in [2.75, 3.05) is 11.9 Å². The predicted octanol–water partition coefficient (Wildman–Crippen LogP) is 1.66. The standard InChI is InChI=1S/C10H14ClN3O/c1-7(2-4-12)10(15)14-8-3-5-13-9(11)6-8/h3,5-7H,2,4,12H2,1H3,(H,13,14,15). The Morgan fingerprint density at radius 1 is 1.73 bits per heavy atom. The highest BCUT2D eigenvalue weighted by molar-refractivity contribution is 6.29. The van der Waals surface area contributed by atoms with Gasteiger partial charge in [-0.15, -0.1) is 0 Å². The number of hydrogen-bond acceptors (Lipinski definition) is 3. The number of nitrogens with two attached hydrogens (primary N) is 1. The zero-order valence-electron chi connectivity index (χ0n) is 8.53. The lowest BCUT2D eigenvalue weighted by Crippen LogP contribution is -2.22. The van der Waals surface area contributed by atoms with Crippen LogP contribution in [0.3, 0.4) is 0 Å². The van der Waals surface area contributed by atoms with E-state index in [1.54, 1.807) is 18.3 Å². The van der Waals surface area contributed by atoms with E-state index in [0.717, 1.165) is 0 Å². The normalized spacial score (nSPS) is 12.2. The van der Waals surface area contributed by atoms with E-state index in [4.69, 9.17) is 17.3 Å². The first kappa shape index (κ1) is 11.9. The van der Waals surface area contributed by atoms with Crippen molar-refractivity contribution in [2.45, 2.75) is 13.3 Å². The van der Waals surface area contributed by atoms with E-state index in [0.29, 0.717) is 23.8 Å². The third-order valence-corrected chi connectivity index (χ3v) is 2.25. The Morgan fingerprint density at radius 3 is 3.07 bits per heavy atom. The van der Waals surface area contributed by atoms with Crippen LogP contribution in [0.25, 0.3) is 0 Å². The fraction of sp³-hybridized carbons (Fsp3) is 0.400. The summed E-state index contributed by atoms with van der Waals surface area (Å²) in [5.74, 6) is -0.148. The van der Waals surface area contributed by atoms with Crippen molar-refractivity contribution in [2.24, 2.45) is 11.7 Å². The van der Waals surface area contributed by atoms with Gasteiger partial charge in [0, 0.05) is 17.8 Å². The number of rotatable bonds is 4. The van der Waals surface area contributed by atoms with E-state index in [2.05, 4.69) is 10.3 Å². The molecule has 5 heteroatoms. The Balaban J connectivity index is 2.58. The molecule has 1 unspecified atom stereocenters. The van der Waals surface area contributed by atoms with Crippen LogP contribution in [0.15, 0.2) is 18.3 Å². The van der Waals surface area contributed by atoms with E-state index in [9.17, 15) is 4.79 Å². The van der Waals surface area contributed by atoms with Gasteiger partial charge < -0.3 is 11.1 Å². The number of carbonyl (C=O) groups is 1. The van der Waals surface area contributed by atoms with E-state index >= 15 is 0 Å². The van der Waals surface area contributed by atoms with Gasteiger partial charge in [0.1, 0.15) is 5.15 Å². The van der Waals surface area contributed by atoms with Gasteiger partial charge in [-0.05, 0) is 25.1 Å². The van der Waals surface area contributed by atoms with Gasteiger partial charge in [0.15, 0.2) is 0 Å². The van der Waals surface area contributed by atoms with Crippen molar-refractivity contribution in [3.63, 3.8) is 0 Å². The first-order valence-electron chi connectivity index (χ1n) is 4.76. The Kier molecular flexibility index (Phi) is 4.52. The Labute approximate surface area is 93.8 Å². The quantitative estimate of drug-likeness (QED) is 0.769. The van der Waals surface area contributed by atoms with Crippen LogP contribution >= 0.6 is 11.6 Å². The average Bonchev–Trinajstić information content (AvgIpc) is 2.18. The molecule has 0 aliphatic heterocycles. The largest absolute Gasteiger partial charge is 0.330 e. The molecule has 15 heavy (non-hydrogen) atoms. The van der Waals surface area contributed by atoms with Crippen molar-refractivity contribution in [3.05, 3.63) is 23.5 Å². The number of hydrogen-bond donors (Lipinski definition) is 2. The van der Waals surface area contributed by atoms with Gasteiger partial charge in [0.2, 0.25) is 5.91 Å². The number of amides is 1. The number of pyridine rings is 1. The molecule has 0 aliphatic carbocycles. The summed E-state index contributed by atoms with van der Waals surface area (Å²) in [6.45, 7) is 2.34. The minimum absolute atomic E-state index is 0.0530. The van der Waals surface area contributed by atoms with Crippen LogP contribution < -0.4 is 11.1 Å². The lowest BCUT2D eigenvalue weighted by atomic mass is 10.1. The molecule has 0 saturated carbocycles. The molecular formula is C10H14ClN3O. The molecule has 0 aromatic carbocycles. The number of aromatic nitrogens is 1. The smallest absolute Gasteiger partial charge is 0.227 e. The molecule has 3 N–H and O–H groups in total. The average molecular weight is 228 g/mol. The second kappa shape index (κ2) is 5.68. The second-order valence-corrected chi connectivity index (χ2v) is 3.72. The van der Waals surface area contributed by atoms with Gasteiger partial charge in [0.25, 0.3) is 0 Å². The molecule has 1 aromatic heterocycles. The van der Waals surface area contributed by atoms with Crippen molar-refractivity contribution >= 4 is 23.2 Å². The molecule has 0 saturated heterocycles. The van der Waals surface area contributed by atoms with E-state index in [1.807, 2.05) is 6.92 Å². The van der Waals surface area contributed by atoms with Gasteiger partial charge in [-0.25, -0.2) is 4.98 Å². The highest BCUT2D eigenvalue weighted by Crippen LogP contribution is 2.13. The predicted molar refractivity (Wildman–Crippen MR) is 60.7 cm³/mol. The summed E-state index contributed by atoms with van der Waals surface area (Å²) >= 11 is 5.69. The molecule has 0 bridgehead atoms. The Bertz CT molecular complexity index is 343. The molecule has 0 fully saturated rings. The Hall–Kier alpha value is -1.13. The van der Waals surface area contributed by atoms with E-state index in [1.165, 1.54) is 0 Å². The molecule has 4 nitrogen and oxygen atoms in total. The highest BCUT2D eigenvalue weighted by Gasteiger charge is 2.11. The van der Waals surface area contributed by atoms with Gasteiger partial charge in [0.05, 0.1) is 0 Å². The summed E-state index contributed by atoms with van der Waals surface area (Å²) in [6.07, 6.45) is 2.22. The molecule has 0 spiro atoms. The molecule has 82 valence electrons. The van der Waals surface area contributed by atoms with Crippen LogP contribution in [-0.2, 0) is 4.79 Å². The van der Waals surface area contributed by atoms with Gasteiger partial charge in [-0.1, -0.05) is 18.5 Å². The van der Waals surface area contributed by atoms with Crippen molar-refractivity contribution in [1.29, 1.82) is 0 Å². The number of nitrogens with one attached hydrogen (secondary N) is 1. The number of carbonyl (C=O) groups excluding carboxylic acids is 1. The van der Waals surface area contributed by atoms with Crippen LogP contribution in [-0.4, -0.2) is 17.4 Å². The van der Waals surface area contributed by atoms with Gasteiger partial charge in [-0.3, -0.25) is 4.79 Å².